The fourth-order valence-corrected chi connectivity index (χ4v) is 2.17. The van der Waals surface area contributed by atoms with Crippen LogP contribution in [0.15, 0.2) is 0 Å². The van der Waals surface area contributed by atoms with Crippen LogP contribution in [-0.2, 0) is 0 Å². The minimum absolute atomic E-state index is 0.256. The SMILES string of the molecule is CC(C)C(C)(O)CN1CCN(C(C)(C)C#N)CC1. The molecule has 1 aliphatic heterocycles. The van der Waals surface area contributed by atoms with E-state index in [0.717, 1.165) is 26.2 Å². The van der Waals surface area contributed by atoms with Crippen LogP contribution in [-0.4, -0.2) is 58.8 Å². The van der Waals surface area contributed by atoms with Crippen LogP contribution >= 0.6 is 0 Å². The molecule has 18 heavy (non-hydrogen) atoms. The standard InChI is InChI=1S/C14H27N3O/c1-12(2)14(5,18)11-16-6-8-17(9-7-16)13(3,4)10-15/h12,18H,6-9,11H2,1-5H3. The summed E-state index contributed by atoms with van der Waals surface area (Å²) < 4.78 is 0. The van der Waals surface area contributed by atoms with Crippen molar-refractivity contribution in [2.24, 2.45) is 5.92 Å². The molecule has 0 aromatic heterocycles. The molecule has 1 N–H and O–H groups in total. The average Bonchev–Trinajstić information content (AvgIpc) is 2.29. The minimum atomic E-state index is -0.632. The van der Waals surface area contributed by atoms with Crippen molar-refractivity contribution in [3.05, 3.63) is 0 Å². The molecule has 0 aliphatic carbocycles. The van der Waals surface area contributed by atoms with Crippen molar-refractivity contribution in [3.63, 3.8) is 0 Å². The first kappa shape index (κ1) is 15.4. The number of hydrogen-bond donors (Lipinski definition) is 1. The minimum Gasteiger partial charge on any atom is -0.389 e. The van der Waals surface area contributed by atoms with Gasteiger partial charge in [-0.1, -0.05) is 13.8 Å². The summed E-state index contributed by atoms with van der Waals surface area (Å²) in [4.78, 5) is 4.51. The van der Waals surface area contributed by atoms with Gasteiger partial charge in [0.05, 0.1) is 11.7 Å². The fourth-order valence-electron chi connectivity index (χ4n) is 2.17. The molecule has 0 radical (unpaired) electrons. The molecule has 1 unspecified atom stereocenters. The van der Waals surface area contributed by atoms with E-state index in [9.17, 15) is 5.11 Å². The van der Waals surface area contributed by atoms with Crippen molar-refractivity contribution in [1.82, 2.24) is 9.80 Å². The predicted octanol–water partition coefficient (Wildman–Crippen LogP) is 1.31. The molecule has 0 aromatic rings. The quantitative estimate of drug-likeness (QED) is 0.821. The molecule has 0 aromatic carbocycles. The molecule has 1 fully saturated rings. The summed E-state index contributed by atoms with van der Waals surface area (Å²) in [5.74, 6) is 0.256. The van der Waals surface area contributed by atoms with E-state index in [-0.39, 0.29) is 11.5 Å². The lowest BCUT2D eigenvalue weighted by molar-refractivity contribution is -0.0339. The maximum atomic E-state index is 10.3. The maximum absolute atomic E-state index is 10.3. The summed E-state index contributed by atoms with van der Waals surface area (Å²) in [6, 6.07) is 2.35. The molecule has 1 rings (SSSR count). The molecule has 1 aliphatic rings. The number of piperazine rings is 1. The van der Waals surface area contributed by atoms with E-state index in [4.69, 9.17) is 5.26 Å². The molecule has 0 saturated carbocycles. The van der Waals surface area contributed by atoms with Gasteiger partial charge in [0.25, 0.3) is 0 Å². The largest absolute Gasteiger partial charge is 0.389 e. The Morgan fingerprint density at radius 2 is 1.67 bits per heavy atom. The van der Waals surface area contributed by atoms with Crippen LogP contribution in [0.1, 0.15) is 34.6 Å². The van der Waals surface area contributed by atoms with Gasteiger partial charge >= 0.3 is 0 Å². The summed E-state index contributed by atoms with van der Waals surface area (Å²) in [5.41, 5.74) is -1.01. The highest BCUT2D eigenvalue weighted by Crippen LogP contribution is 2.20. The summed E-state index contributed by atoms with van der Waals surface area (Å²) in [7, 11) is 0. The van der Waals surface area contributed by atoms with Gasteiger partial charge in [0, 0.05) is 32.7 Å². The van der Waals surface area contributed by atoms with Gasteiger partial charge in [-0.3, -0.25) is 9.80 Å². The van der Waals surface area contributed by atoms with Gasteiger partial charge < -0.3 is 5.11 Å². The van der Waals surface area contributed by atoms with Crippen LogP contribution < -0.4 is 0 Å². The molecule has 104 valence electrons. The second-order valence-corrected chi connectivity index (χ2v) is 6.45. The van der Waals surface area contributed by atoms with Crippen molar-refractivity contribution in [2.75, 3.05) is 32.7 Å². The van der Waals surface area contributed by atoms with Gasteiger partial charge in [0.1, 0.15) is 5.54 Å². The van der Waals surface area contributed by atoms with Crippen molar-refractivity contribution in [3.8, 4) is 6.07 Å². The molecule has 4 heteroatoms. The monoisotopic (exact) mass is 253 g/mol. The van der Waals surface area contributed by atoms with Gasteiger partial charge in [-0.15, -0.1) is 0 Å². The molecular formula is C14H27N3O. The summed E-state index contributed by atoms with van der Waals surface area (Å²) in [6.07, 6.45) is 0. The Balaban J connectivity index is 2.48. The fraction of sp³-hybridized carbons (Fsp3) is 0.929. The lowest BCUT2D eigenvalue weighted by Gasteiger charge is -2.43. The Labute approximate surface area is 111 Å². The van der Waals surface area contributed by atoms with E-state index >= 15 is 0 Å². The van der Waals surface area contributed by atoms with Gasteiger partial charge in [-0.05, 0) is 26.7 Å². The Kier molecular flexibility index (Phi) is 4.77. The van der Waals surface area contributed by atoms with E-state index in [1.54, 1.807) is 0 Å². The van der Waals surface area contributed by atoms with Gasteiger partial charge in [-0.2, -0.15) is 5.26 Å². The second-order valence-electron chi connectivity index (χ2n) is 6.45. The first-order valence-electron chi connectivity index (χ1n) is 6.80. The lowest BCUT2D eigenvalue weighted by Crippen LogP contribution is -2.56. The highest BCUT2D eigenvalue weighted by atomic mass is 16.3. The summed E-state index contributed by atoms with van der Waals surface area (Å²) in [5, 5.41) is 19.4. The Morgan fingerprint density at radius 3 is 2.06 bits per heavy atom. The number of aliphatic hydroxyl groups is 1. The van der Waals surface area contributed by atoms with Crippen LogP contribution in [0, 0.1) is 17.2 Å². The molecule has 1 saturated heterocycles. The maximum Gasteiger partial charge on any atom is 0.103 e. The van der Waals surface area contributed by atoms with Crippen molar-refractivity contribution < 1.29 is 5.11 Å². The number of nitriles is 1. The molecule has 1 heterocycles. The highest BCUT2D eigenvalue weighted by molar-refractivity contribution is 5.03. The van der Waals surface area contributed by atoms with Crippen LogP contribution in [0.2, 0.25) is 0 Å². The molecule has 4 nitrogen and oxygen atoms in total. The first-order valence-corrected chi connectivity index (χ1v) is 6.80. The zero-order valence-electron chi connectivity index (χ0n) is 12.4. The normalized spacial score (nSPS) is 22.8. The smallest absolute Gasteiger partial charge is 0.103 e. The Bertz CT molecular complexity index is 309. The van der Waals surface area contributed by atoms with E-state index in [2.05, 4.69) is 29.7 Å². The third kappa shape index (κ3) is 3.68. The van der Waals surface area contributed by atoms with Crippen LogP contribution in [0.3, 0.4) is 0 Å². The van der Waals surface area contributed by atoms with E-state index in [0.29, 0.717) is 6.54 Å². The van der Waals surface area contributed by atoms with E-state index in [1.165, 1.54) is 0 Å². The number of nitrogens with zero attached hydrogens (tertiary/aromatic N) is 3. The summed E-state index contributed by atoms with van der Waals surface area (Å²) >= 11 is 0. The molecular weight excluding hydrogens is 226 g/mol. The summed E-state index contributed by atoms with van der Waals surface area (Å²) in [6.45, 7) is 14.3. The Hall–Kier alpha value is -0.630. The first-order chi connectivity index (χ1) is 8.19. The Morgan fingerprint density at radius 1 is 1.17 bits per heavy atom. The third-order valence-electron chi connectivity index (χ3n) is 4.22. The number of β-amino-alcohol motifs (C(OH)–C–C–N with tert-alkyl or cyclic N) is 1. The van der Waals surface area contributed by atoms with Crippen LogP contribution in [0.4, 0.5) is 0 Å². The topological polar surface area (TPSA) is 50.5 Å². The van der Waals surface area contributed by atoms with E-state index in [1.807, 2.05) is 20.8 Å². The molecule has 0 spiro atoms. The average molecular weight is 253 g/mol. The van der Waals surface area contributed by atoms with Crippen LogP contribution in [0.25, 0.3) is 0 Å². The second kappa shape index (κ2) is 5.56. The van der Waals surface area contributed by atoms with Crippen LogP contribution in [0.5, 0.6) is 0 Å². The van der Waals surface area contributed by atoms with Gasteiger partial charge in [0.2, 0.25) is 0 Å². The van der Waals surface area contributed by atoms with Crippen molar-refractivity contribution in [1.29, 1.82) is 5.26 Å². The molecule has 0 amide bonds. The highest BCUT2D eigenvalue weighted by Gasteiger charge is 2.33. The van der Waals surface area contributed by atoms with Crippen molar-refractivity contribution in [2.45, 2.75) is 45.8 Å². The zero-order valence-corrected chi connectivity index (χ0v) is 12.4. The number of rotatable bonds is 4. The molecule has 1 atom stereocenters. The van der Waals surface area contributed by atoms with E-state index < -0.39 is 5.60 Å². The number of hydrogen-bond acceptors (Lipinski definition) is 4. The van der Waals surface area contributed by atoms with Gasteiger partial charge in [-0.25, -0.2) is 0 Å². The lowest BCUT2D eigenvalue weighted by atomic mass is 9.91. The molecule has 0 bridgehead atoms. The third-order valence-corrected chi connectivity index (χ3v) is 4.22. The van der Waals surface area contributed by atoms with Gasteiger partial charge in [0.15, 0.2) is 0 Å². The van der Waals surface area contributed by atoms with Crippen molar-refractivity contribution >= 4 is 0 Å². The predicted molar refractivity (Wildman–Crippen MR) is 73.2 cm³/mol. The zero-order chi connectivity index (χ0) is 14.0.